The van der Waals surface area contributed by atoms with Gasteiger partial charge in [0.25, 0.3) is 0 Å². The fourth-order valence-corrected chi connectivity index (χ4v) is 3.08. The molecule has 0 bridgehead atoms. The van der Waals surface area contributed by atoms with Gasteiger partial charge in [-0.3, -0.25) is 4.79 Å². The summed E-state index contributed by atoms with van der Waals surface area (Å²) in [6, 6.07) is 0. The van der Waals surface area contributed by atoms with E-state index < -0.39 is 18.2 Å². The van der Waals surface area contributed by atoms with E-state index in [-0.39, 0.29) is 24.4 Å². The van der Waals surface area contributed by atoms with Gasteiger partial charge in [0.1, 0.15) is 0 Å². The van der Waals surface area contributed by atoms with Crippen molar-refractivity contribution in [3.05, 3.63) is 12.2 Å². The van der Waals surface area contributed by atoms with Crippen LogP contribution < -0.4 is 0 Å². The zero-order valence-electron chi connectivity index (χ0n) is 12.7. The van der Waals surface area contributed by atoms with E-state index in [1.807, 2.05) is 12.2 Å². The lowest BCUT2D eigenvalue weighted by Crippen LogP contribution is -2.23. The van der Waals surface area contributed by atoms with E-state index in [0.29, 0.717) is 32.1 Å². The van der Waals surface area contributed by atoms with Gasteiger partial charge in [-0.2, -0.15) is 0 Å². The second-order valence-electron chi connectivity index (χ2n) is 6.12. The molecule has 5 heteroatoms. The number of aliphatic hydroxyl groups excluding tert-OH is 3. The summed E-state index contributed by atoms with van der Waals surface area (Å²) in [5.41, 5.74) is 0. The van der Waals surface area contributed by atoms with Crippen molar-refractivity contribution in [1.82, 2.24) is 0 Å². The third kappa shape index (κ3) is 6.59. The molecule has 122 valence electrons. The first-order valence-electron chi connectivity index (χ1n) is 7.82. The van der Waals surface area contributed by atoms with Crippen molar-refractivity contribution in [2.45, 2.75) is 70.2 Å². The van der Waals surface area contributed by atoms with Crippen LogP contribution in [-0.4, -0.2) is 44.7 Å². The lowest BCUT2D eigenvalue weighted by molar-refractivity contribution is -0.137. The van der Waals surface area contributed by atoms with E-state index in [0.717, 1.165) is 6.42 Å². The molecule has 0 saturated heterocycles. The summed E-state index contributed by atoms with van der Waals surface area (Å²) < 4.78 is 0. The van der Waals surface area contributed by atoms with Crippen molar-refractivity contribution in [2.75, 3.05) is 0 Å². The summed E-state index contributed by atoms with van der Waals surface area (Å²) in [4.78, 5) is 10.4. The SMILES string of the molecule is C[C@H](O)CC[C@@H]1[C@@H](C/C=C\CCCC(=O)O)[C@@H](O)C[C@H]1O. The zero-order chi connectivity index (χ0) is 15.8. The lowest BCUT2D eigenvalue weighted by Gasteiger charge is -2.23. The van der Waals surface area contributed by atoms with Gasteiger partial charge in [0.05, 0.1) is 18.3 Å². The van der Waals surface area contributed by atoms with E-state index in [4.69, 9.17) is 5.11 Å². The van der Waals surface area contributed by atoms with Crippen molar-refractivity contribution < 1.29 is 25.2 Å². The third-order valence-corrected chi connectivity index (χ3v) is 4.28. The predicted molar refractivity (Wildman–Crippen MR) is 79.8 cm³/mol. The van der Waals surface area contributed by atoms with E-state index in [1.165, 1.54) is 0 Å². The van der Waals surface area contributed by atoms with Crippen LogP contribution in [0.25, 0.3) is 0 Å². The van der Waals surface area contributed by atoms with Crippen LogP contribution in [0.3, 0.4) is 0 Å². The maximum atomic E-state index is 10.4. The summed E-state index contributed by atoms with van der Waals surface area (Å²) in [5.74, 6) is -0.733. The molecule has 0 heterocycles. The number of rotatable bonds is 9. The van der Waals surface area contributed by atoms with Crippen LogP contribution in [0.5, 0.6) is 0 Å². The zero-order valence-corrected chi connectivity index (χ0v) is 12.7. The quantitative estimate of drug-likeness (QED) is 0.384. The Kier molecular flexibility index (Phi) is 7.93. The molecule has 1 aliphatic rings. The second-order valence-corrected chi connectivity index (χ2v) is 6.12. The van der Waals surface area contributed by atoms with Crippen LogP contribution in [0.15, 0.2) is 12.2 Å². The van der Waals surface area contributed by atoms with Crippen LogP contribution >= 0.6 is 0 Å². The molecular weight excluding hydrogens is 272 g/mol. The van der Waals surface area contributed by atoms with Crippen molar-refractivity contribution in [3.8, 4) is 0 Å². The Morgan fingerprint density at radius 3 is 2.52 bits per heavy atom. The summed E-state index contributed by atoms with van der Waals surface area (Å²) in [5, 5.41) is 38.0. The molecule has 1 saturated carbocycles. The van der Waals surface area contributed by atoms with E-state index in [9.17, 15) is 20.1 Å². The van der Waals surface area contributed by atoms with Gasteiger partial charge in [0, 0.05) is 6.42 Å². The summed E-state index contributed by atoms with van der Waals surface area (Å²) in [6.07, 6.45) is 6.50. The van der Waals surface area contributed by atoms with Crippen LogP contribution in [0.2, 0.25) is 0 Å². The molecule has 0 aliphatic heterocycles. The van der Waals surface area contributed by atoms with Gasteiger partial charge in [-0.1, -0.05) is 12.2 Å². The molecule has 0 radical (unpaired) electrons. The average Bonchev–Trinajstić information content (AvgIpc) is 2.65. The van der Waals surface area contributed by atoms with Crippen molar-refractivity contribution in [2.24, 2.45) is 11.8 Å². The molecule has 4 N–H and O–H groups in total. The molecule has 1 aliphatic carbocycles. The van der Waals surface area contributed by atoms with Crippen LogP contribution in [-0.2, 0) is 4.79 Å². The highest BCUT2D eigenvalue weighted by atomic mass is 16.4. The smallest absolute Gasteiger partial charge is 0.303 e. The van der Waals surface area contributed by atoms with Gasteiger partial charge < -0.3 is 20.4 Å². The third-order valence-electron chi connectivity index (χ3n) is 4.28. The van der Waals surface area contributed by atoms with Gasteiger partial charge >= 0.3 is 5.97 Å². The Balaban J connectivity index is 2.38. The van der Waals surface area contributed by atoms with E-state index >= 15 is 0 Å². The minimum absolute atomic E-state index is 0.0227. The monoisotopic (exact) mass is 300 g/mol. The average molecular weight is 300 g/mol. The van der Waals surface area contributed by atoms with E-state index in [1.54, 1.807) is 6.92 Å². The molecule has 5 atom stereocenters. The molecule has 5 nitrogen and oxygen atoms in total. The van der Waals surface area contributed by atoms with Gasteiger partial charge in [0.2, 0.25) is 0 Å². The largest absolute Gasteiger partial charge is 0.481 e. The molecule has 0 aromatic heterocycles. The predicted octanol–water partition coefficient (Wildman–Crippen LogP) is 1.71. The molecule has 0 aromatic rings. The minimum atomic E-state index is -0.782. The minimum Gasteiger partial charge on any atom is -0.481 e. The highest BCUT2D eigenvalue weighted by Crippen LogP contribution is 2.38. The van der Waals surface area contributed by atoms with Gasteiger partial charge in [-0.05, 0) is 57.3 Å². The standard InChI is InChI=1S/C16H28O5/c1-11(17)8-9-13-12(14(18)10-15(13)19)6-4-2-3-5-7-16(20)21/h2,4,11-15,17-19H,3,5-10H2,1H3,(H,20,21)/b4-2-/t11-,12+,13+,14-,15+/m0/s1. The fraction of sp³-hybridized carbons (Fsp3) is 0.812. The van der Waals surface area contributed by atoms with Gasteiger partial charge in [-0.25, -0.2) is 0 Å². The van der Waals surface area contributed by atoms with Crippen molar-refractivity contribution >= 4 is 5.97 Å². The molecule has 0 amide bonds. The highest BCUT2D eigenvalue weighted by molar-refractivity contribution is 5.66. The summed E-state index contributed by atoms with van der Waals surface area (Å²) in [7, 11) is 0. The Morgan fingerprint density at radius 2 is 1.90 bits per heavy atom. The van der Waals surface area contributed by atoms with Gasteiger partial charge in [0.15, 0.2) is 0 Å². The molecule has 0 spiro atoms. The molecule has 1 rings (SSSR count). The lowest BCUT2D eigenvalue weighted by atomic mass is 9.86. The Hall–Kier alpha value is -0.910. The molecule has 0 aromatic carbocycles. The molecule has 1 fully saturated rings. The first-order valence-corrected chi connectivity index (χ1v) is 7.82. The number of aliphatic carboxylic acids is 1. The van der Waals surface area contributed by atoms with Crippen molar-refractivity contribution in [3.63, 3.8) is 0 Å². The Morgan fingerprint density at radius 1 is 1.24 bits per heavy atom. The van der Waals surface area contributed by atoms with Crippen molar-refractivity contribution in [1.29, 1.82) is 0 Å². The number of carboxylic acids is 1. The number of hydrogen-bond acceptors (Lipinski definition) is 4. The number of carbonyl (C=O) groups is 1. The summed E-state index contributed by atoms with van der Waals surface area (Å²) >= 11 is 0. The molecule has 0 unspecified atom stereocenters. The highest BCUT2D eigenvalue weighted by Gasteiger charge is 2.40. The Bertz CT molecular complexity index is 340. The van der Waals surface area contributed by atoms with Crippen LogP contribution in [0, 0.1) is 11.8 Å². The number of allylic oxidation sites excluding steroid dienone is 2. The van der Waals surface area contributed by atoms with Gasteiger partial charge in [-0.15, -0.1) is 0 Å². The van der Waals surface area contributed by atoms with Crippen LogP contribution in [0.1, 0.15) is 51.9 Å². The molecule has 21 heavy (non-hydrogen) atoms. The number of unbranched alkanes of at least 4 members (excludes halogenated alkanes) is 1. The molecular formula is C16H28O5. The summed E-state index contributed by atoms with van der Waals surface area (Å²) in [6.45, 7) is 1.73. The van der Waals surface area contributed by atoms with E-state index in [2.05, 4.69) is 0 Å². The second kappa shape index (κ2) is 9.18. The maximum absolute atomic E-state index is 10.4. The fourth-order valence-electron chi connectivity index (χ4n) is 3.08. The first-order chi connectivity index (χ1) is 9.91. The number of hydrogen-bond donors (Lipinski definition) is 4. The normalized spacial score (nSPS) is 30.9. The van der Waals surface area contributed by atoms with Crippen LogP contribution in [0.4, 0.5) is 0 Å². The first kappa shape index (κ1) is 18.1. The topological polar surface area (TPSA) is 98.0 Å². The number of aliphatic hydroxyl groups is 3. The Labute approximate surface area is 126 Å². The number of carboxylic acid groups (broad SMARTS) is 1. The maximum Gasteiger partial charge on any atom is 0.303 e.